The van der Waals surface area contributed by atoms with E-state index in [4.69, 9.17) is 0 Å². The van der Waals surface area contributed by atoms with Crippen molar-refractivity contribution in [2.75, 3.05) is 19.0 Å². The Balaban J connectivity index is 0.000000354. The molecule has 0 aliphatic carbocycles. The van der Waals surface area contributed by atoms with Gasteiger partial charge < -0.3 is 4.90 Å². The lowest BCUT2D eigenvalue weighted by molar-refractivity contribution is 1.09. The molecule has 1 heteroatoms. The van der Waals surface area contributed by atoms with Crippen LogP contribution >= 0.6 is 0 Å². The van der Waals surface area contributed by atoms with Crippen molar-refractivity contribution in [1.29, 1.82) is 0 Å². The topological polar surface area (TPSA) is 3.24 Å². The van der Waals surface area contributed by atoms with Crippen LogP contribution in [0.4, 0.5) is 5.69 Å². The highest BCUT2D eigenvalue weighted by Gasteiger charge is 1.87. The summed E-state index contributed by atoms with van der Waals surface area (Å²) in [6, 6.07) is 10.3. The van der Waals surface area contributed by atoms with Crippen molar-refractivity contribution in [3.05, 3.63) is 30.3 Å². The van der Waals surface area contributed by atoms with Crippen molar-refractivity contribution >= 4 is 5.69 Å². The molecule has 1 aromatic rings. The summed E-state index contributed by atoms with van der Waals surface area (Å²) >= 11 is 0. The molecule has 0 amide bonds. The summed E-state index contributed by atoms with van der Waals surface area (Å²) in [6.07, 6.45) is 1.25. The van der Waals surface area contributed by atoms with E-state index in [0.29, 0.717) is 0 Å². The highest BCUT2D eigenvalue weighted by molar-refractivity contribution is 5.43. The molecule has 0 aromatic heterocycles. The Labute approximate surface area is 76.0 Å². The molecule has 0 unspecified atom stereocenters. The lowest BCUT2D eigenvalue weighted by atomic mass is 10.3. The summed E-state index contributed by atoms with van der Waals surface area (Å²) in [4.78, 5) is 2.08. The molecule has 0 saturated carbocycles. The van der Waals surface area contributed by atoms with Crippen LogP contribution in [0.1, 0.15) is 20.3 Å². The summed E-state index contributed by atoms with van der Waals surface area (Å²) in [5.41, 5.74) is 1.25. The Morgan fingerprint density at radius 2 is 1.42 bits per heavy atom. The monoisotopic (exact) mass is 165 g/mol. The standard InChI is InChI=1S/C8H11N.C3H8/c1-9(2)8-6-4-3-5-7-8;1-3-2/h3-7H,1-2H3;3H2,1-2H3. The van der Waals surface area contributed by atoms with Gasteiger partial charge in [-0.25, -0.2) is 0 Å². The third kappa shape index (κ3) is 4.78. The van der Waals surface area contributed by atoms with Crippen molar-refractivity contribution in [3.63, 3.8) is 0 Å². The number of nitrogens with zero attached hydrogens (tertiary/aromatic N) is 1. The molecular formula is C11H19N. The van der Waals surface area contributed by atoms with Gasteiger partial charge in [0.15, 0.2) is 0 Å². The first-order valence-corrected chi connectivity index (χ1v) is 4.44. The number of hydrogen-bond donors (Lipinski definition) is 0. The fraction of sp³-hybridized carbons (Fsp3) is 0.455. The van der Waals surface area contributed by atoms with Gasteiger partial charge in [0.05, 0.1) is 0 Å². The maximum absolute atomic E-state index is 2.12. The molecule has 68 valence electrons. The summed E-state index contributed by atoms with van der Waals surface area (Å²) < 4.78 is 0. The van der Waals surface area contributed by atoms with Gasteiger partial charge in [-0.05, 0) is 12.1 Å². The van der Waals surface area contributed by atoms with Crippen molar-refractivity contribution < 1.29 is 0 Å². The van der Waals surface area contributed by atoms with Crippen LogP contribution in [-0.2, 0) is 0 Å². The fourth-order valence-corrected chi connectivity index (χ4v) is 0.726. The fourth-order valence-electron chi connectivity index (χ4n) is 0.726. The van der Waals surface area contributed by atoms with Gasteiger partial charge in [0.25, 0.3) is 0 Å². The zero-order chi connectivity index (χ0) is 9.40. The number of rotatable bonds is 1. The molecule has 1 aromatic carbocycles. The van der Waals surface area contributed by atoms with E-state index in [9.17, 15) is 0 Å². The van der Waals surface area contributed by atoms with Crippen LogP contribution < -0.4 is 4.90 Å². The molecule has 0 heterocycles. The van der Waals surface area contributed by atoms with Crippen LogP contribution in [0.25, 0.3) is 0 Å². The van der Waals surface area contributed by atoms with Gasteiger partial charge in [-0.2, -0.15) is 0 Å². The molecule has 0 N–H and O–H groups in total. The Morgan fingerprint density at radius 1 is 1.00 bits per heavy atom. The van der Waals surface area contributed by atoms with Gasteiger partial charge >= 0.3 is 0 Å². The lowest BCUT2D eigenvalue weighted by Crippen LogP contribution is -2.07. The molecule has 0 aliphatic heterocycles. The predicted molar refractivity (Wildman–Crippen MR) is 56.7 cm³/mol. The second-order valence-electron chi connectivity index (χ2n) is 2.94. The van der Waals surface area contributed by atoms with Crippen molar-refractivity contribution in [3.8, 4) is 0 Å². The summed E-state index contributed by atoms with van der Waals surface area (Å²) in [6.45, 7) is 4.25. The van der Waals surface area contributed by atoms with E-state index in [0.717, 1.165) is 0 Å². The molecular weight excluding hydrogens is 146 g/mol. The average Bonchev–Trinajstić information content (AvgIpc) is 2.07. The van der Waals surface area contributed by atoms with E-state index in [2.05, 4.69) is 30.9 Å². The van der Waals surface area contributed by atoms with Crippen LogP contribution in [0.15, 0.2) is 30.3 Å². The van der Waals surface area contributed by atoms with Gasteiger partial charge in [0, 0.05) is 19.8 Å². The van der Waals surface area contributed by atoms with E-state index in [1.54, 1.807) is 0 Å². The molecule has 0 bridgehead atoms. The van der Waals surface area contributed by atoms with Crippen LogP contribution in [0.3, 0.4) is 0 Å². The van der Waals surface area contributed by atoms with Gasteiger partial charge in [0.1, 0.15) is 0 Å². The van der Waals surface area contributed by atoms with E-state index < -0.39 is 0 Å². The Kier molecular flexibility index (Phi) is 6.16. The minimum absolute atomic E-state index is 1.25. The van der Waals surface area contributed by atoms with Crippen LogP contribution in [0, 0.1) is 0 Å². The van der Waals surface area contributed by atoms with Gasteiger partial charge in [0.2, 0.25) is 0 Å². The first kappa shape index (κ1) is 11.0. The highest BCUT2D eigenvalue weighted by Crippen LogP contribution is 2.07. The van der Waals surface area contributed by atoms with Crippen LogP contribution in [0.5, 0.6) is 0 Å². The minimum atomic E-state index is 1.25. The number of para-hydroxylation sites is 1. The van der Waals surface area contributed by atoms with E-state index in [-0.39, 0.29) is 0 Å². The van der Waals surface area contributed by atoms with Gasteiger partial charge in [-0.15, -0.1) is 0 Å². The average molecular weight is 165 g/mol. The number of anilines is 1. The van der Waals surface area contributed by atoms with Crippen LogP contribution in [0.2, 0.25) is 0 Å². The molecule has 1 nitrogen and oxygen atoms in total. The van der Waals surface area contributed by atoms with E-state index in [1.807, 2.05) is 32.3 Å². The SMILES string of the molecule is CCC.CN(C)c1ccccc1. The maximum Gasteiger partial charge on any atom is 0.0360 e. The number of hydrogen-bond acceptors (Lipinski definition) is 1. The predicted octanol–water partition coefficient (Wildman–Crippen LogP) is 3.17. The largest absolute Gasteiger partial charge is 0.378 e. The molecule has 0 aliphatic rings. The first-order valence-electron chi connectivity index (χ1n) is 4.44. The molecule has 12 heavy (non-hydrogen) atoms. The Hall–Kier alpha value is -0.980. The molecule has 0 atom stereocenters. The molecule has 0 fully saturated rings. The number of benzene rings is 1. The highest BCUT2D eigenvalue weighted by atomic mass is 15.1. The molecule has 0 spiro atoms. The van der Waals surface area contributed by atoms with Crippen molar-refractivity contribution in [2.24, 2.45) is 0 Å². The Bertz CT molecular complexity index is 179. The first-order chi connectivity index (χ1) is 5.72. The minimum Gasteiger partial charge on any atom is -0.378 e. The third-order valence-electron chi connectivity index (χ3n) is 1.27. The van der Waals surface area contributed by atoms with E-state index >= 15 is 0 Å². The van der Waals surface area contributed by atoms with Crippen molar-refractivity contribution in [2.45, 2.75) is 20.3 Å². The summed E-state index contributed by atoms with van der Waals surface area (Å²) in [5.74, 6) is 0. The zero-order valence-electron chi connectivity index (χ0n) is 8.54. The second kappa shape index (κ2) is 6.71. The second-order valence-corrected chi connectivity index (χ2v) is 2.94. The van der Waals surface area contributed by atoms with E-state index in [1.165, 1.54) is 12.1 Å². The quantitative estimate of drug-likeness (QED) is 0.618. The molecule has 0 saturated heterocycles. The Morgan fingerprint density at radius 3 is 1.67 bits per heavy atom. The molecule has 1 rings (SSSR count). The summed E-state index contributed by atoms with van der Waals surface area (Å²) in [7, 11) is 4.07. The molecule has 0 radical (unpaired) electrons. The zero-order valence-corrected chi connectivity index (χ0v) is 8.54. The van der Waals surface area contributed by atoms with Crippen LogP contribution in [-0.4, -0.2) is 14.1 Å². The smallest absolute Gasteiger partial charge is 0.0360 e. The maximum atomic E-state index is 2.12. The van der Waals surface area contributed by atoms with Gasteiger partial charge in [-0.3, -0.25) is 0 Å². The lowest BCUT2D eigenvalue weighted by Gasteiger charge is -2.10. The summed E-state index contributed by atoms with van der Waals surface area (Å²) in [5, 5.41) is 0. The van der Waals surface area contributed by atoms with Gasteiger partial charge in [-0.1, -0.05) is 38.5 Å². The third-order valence-corrected chi connectivity index (χ3v) is 1.27. The van der Waals surface area contributed by atoms with Crippen molar-refractivity contribution in [1.82, 2.24) is 0 Å². The normalized spacial score (nSPS) is 8.33.